The lowest BCUT2D eigenvalue weighted by molar-refractivity contribution is -0.116. The van der Waals surface area contributed by atoms with Crippen LogP contribution in [0.2, 0.25) is 0 Å². The first kappa shape index (κ1) is 14.1. The van der Waals surface area contributed by atoms with Crippen LogP contribution in [0.4, 0.5) is 5.69 Å². The number of nitrogens with two attached hydrogens (primary N) is 1. The molecule has 1 unspecified atom stereocenters. The zero-order chi connectivity index (χ0) is 14.5. The summed E-state index contributed by atoms with van der Waals surface area (Å²) in [6.45, 7) is 3.99. The molecule has 1 heterocycles. The van der Waals surface area contributed by atoms with Gasteiger partial charge < -0.3 is 11.1 Å². The number of nitrogens with one attached hydrogen (secondary N) is 1. The molecule has 0 aliphatic rings. The molecule has 0 spiro atoms. The Labute approximate surface area is 117 Å². The Hall–Kier alpha value is -2.28. The SMILES string of the molecule is CC(C)C(N)CC(=O)Nc1cccc(-n2cnnn2)c1. The third-order valence-electron chi connectivity index (χ3n) is 3.02. The monoisotopic (exact) mass is 274 g/mol. The van der Waals surface area contributed by atoms with Crippen molar-refractivity contribution in [2.24, 2.45) is 11.7 Å². The van der Waals surface area contributed by atoms with Crippen molar-refractivity contribution in [2.75, 3.05) is 5.32 Å². The second-order valence-corrected chi connectivity index (χ2v) is 4.96. The van der Waals surface area contributed by atoms with Gasteiger partial charge in [-0.15, -0.1) is 5.10 Å². The van der Waals surface area contributed by atoms with Gasteiger partial charge in [0.25, 0.3) is 0 Å². The Bertz CT molecular complexity index is 566. The van der Waals surface area contributed by atoms with E-state index in [2.05, 4.69) is 20.8 Å². The molecule has 0 aliphatic heterocycles. The molecule has 3 N–H and O–H groups in total. The van der Waals surface area contributed by atoms with Crippen molar-refractivity contribution >= 4 is 11.6 Å². The first-order valence-electron chi connectivity index (χ1n) is 6.45. The number of tetrazole rings is 1. The summed E-state index contributed by atoms with van der Waals surface area (Å²) in [5.41, 5.74) is 7.36. The van der Waals surface area contributed by atoms with Gasteiger partial charge in [-0.2, -0.15) is 0 Å². The highest BCUT2D eigenvalue weighted by Crippen LogP contribution is 2.14. The average Bonchev–Trinajstić information content (AvgIpc) is 2.92. The summed E-state index contributed by atoms with van der Waals surface area (Å²) in [7, 11) is 0. The summed E-state index contributed by atoms with van der Waals surface area (Å²) in [5, 5.41) is 13.8. The number of carbonyl (C=O) groups excluding carboxylic acids is 1. The molecular formula is C13H18N6O. The van der Waals surface area contributed by atoms with Crippen molar-refractivity contribution in [2.45, 2.75) is 26.3 Å². The Balaban J connectivity index is 2.03. The summed E-state index contributed by atoms with van der Waals surface area (Å²) >= 11 is 0. The molecule has 7 nitrogen and oxygen atoms in total. The first-order chi connectivity index (χ1) is 9.56. The quantitative estimate of drug-likeness (QED) is 0.846. The molecule has 0 aliphatic carbocycles. The number of rotatable bonds is 5. The number of benzene rings is 1. The van der Waals surface area contributed by atoms with E-state index in [0.717, 1.165) is 5.69 Å². The van der Waals surface area contributed by atoms with Gasteiger partial charge in [0.05, 0.1) is 5.69 Å². The molecule has 1 aromatic carbocycles. The number of hydrogen-bond acceptors (Lipinski definition) is 5. The second-order valence-electron chi connectivity index (χ2n) is 4.96. The fraction of sp³-hybridized carbons (Fsp3) is 0.385. The van der Waals surface area contributed by atoms with Crippen LogP contribution < -0.4 is 11.1 Å². The molecule has 0 bridgehead atoms. The minimum Gasteiger partial charge on any atom is -0.327 e. The van der Waals surface area contributed by atoms with Crippen LogP contribution in [0.3, 0.4) is 0 Å². The van der Waals surface area contributed by atoms with Crippen LogP contribution in [0.1, 0.15) is 20.3 Å². The van der Waals surface area contributed by atoms with E-state index in [1.54, 1.807) is 6.07 Å². The van der Waals surface area contributed by atoms with E-state index in [1.807, 2.05) is 32.0 Å². The molecule has 1 aromatic heterocycles. The highest BCUT2D eigenvalue weighted by Gasteiger charge is 2.13. The molecule has 106 valence electrons. The summed E-state index contributed by atoms with van der Waals surface area (Å²) in [6.07, 6.45) is 1.79. The molecule has 2 rings (SSSR count). The Kier molecular flexibility index (Phi) is 4.41. The maximum absolute atomic E-state index is 11.9. The van der Waals surface area contributed by atoms with Gasteiger partial charge in [-0.05, 0) is 34.5 Å². The zero-order valence-electron chi connectivity index (χ0n) is 11.5. The summed E-state index contributed by atoms with van der Waals surface area (Å²) in [4.78, 5) is 11.9. The van der Waals surface area contributed by atoms with E-state index < -0.39 is 0 Å². The Morgan fingerprint density at radius 1 is 1.45 bits per heavy atom. The molecule has 0 radical (unpaired) electrons. The van der Waals surface area contributed by atoms with Crippen LogP contribution in [0, 0.1) is 5.92 Å². The number of aromatic nitrogens is 4. The molecule has 0 saturated heterocycles. The normalized spacial score (nSPS) is 12.4. The van der Waals surface area contributed by atoms with Crippen LogP contribution in [-0.2, 0) is 4.79 Å². The Morgan fingerprint density at radius 2 is 2.25 bits per heavy atom. The predicted molar refractivity (Wildman–Crippen MR) is 75.2 cm³/mol. The highest BCUT2D eigenvalue weighted by atomic mass is 16.1. The number of hydrogen-bond donors (Lipinski definition) is 2. The van der Waals surface area contributed by atoms with E-state index in [0.29, 0.717) is 12.1 Å². The molecule has 7 heteroatoms. The van der Waals surface area contributed by atoms with E-state index in [4.69, 9.17) is 5.73 Å². The number of anilines is 1. The fourth-order valence-corrected chi connectivity index (χ4v) is 1.67. The molecular weight excluding hydrogens is 256 g/mol. The largest absolute Gasteiger partial charge is 0.327 e. The standard InChI is InChI=1S/C13H18N6O/c1-9(2)12(14)7-13(20)16-10-4-3-5-11(6-10)19-8-15-17-18-19/h3-6,8-9,12H,7,14H2,1-2H3,(H,16,20). The third kappa shape index (κ3) is 3.61. The van der Waals surface area contributed by atoms with Gasteiger partial charge in [0.1, 0.15) is 6.33 Å². The highest BCUT2D eigenvalue weighted by molar-refractivity contribution is 5.91. The van der Waals surface area contributed by atoms with Crippen molar-refractivity contribution in [1.82, 2.24) is 20.2 Å². The van der Waals surface area contributed by atoms with Crippen molar-refractivity contribution < 1.29 is 4.79 Å². The van der Waals surface area contributed by atoms with Gasteiger partial charge in [-0.1, -0.05) is 19.9 Å². The number of amides is 1. The lowest BCUT2D eigenvalue weighted by Crippen LogP contribution is -2.31. The van der Waals surface area contributed by atoms with Crippen LogP contribution in [0.25, 0.3) is 5.69 Å². The van der Waals surface area contributed by atoms with Gasteiger partial charge in [-0.3, -0.25) is 4.79 Å². The fourth-order valence-electron chi connectivity index (χ4n) is 1.67. The van der Waals surface area contributed by atoms with Gasteiger partial charge in [0.15, 0.2) is 0 Å². The summed E-state index contributed by atoms with van der Waals surface area (Å²) < 4.78 is 1.52. The molecule has 20 heavy (non-hydrogen) atoms. The maximum Gasteiger partial charge on any atom is 0.225 e. The van der Waals surface area contributed by atoms with Gasteiger partial charge in [0.2, 0.25) is 5.91 Å². The van der Waals surface area contributed by atoms with Crippen LogP contribution in [0.15, 0.2) is 30.6 Å². The molecule has 1 atom stereocenters. The second kappa shape index (κ2) is 6.25. The summed E-state index contributed by atoms with van der Waals surface area (Å²) in [5.74, 6) is 0.174. The van der Waals surface area contributed by atoms with Crippen LogP contribution in [-0.4, -0.2) is 32.2 Å². The van der Waals surface area contributed by atoms with Crippen molar-refractivity contribution in [1.29, 1.82) is 0 Å². The van der Waals surface area contributed by atoms with Gasteiger partial charge >= 0.3 is 0 Å². The lowest BCUT2D eigenvalue weighted by atomic mass is 10.0. The minimum absolute atomic E-state index is 0.0972. The molecule has 2 aromatic rings. The molecule has 0 saturated carbocycles. The van der Waals surface area contributed by atoms with Gasteiger partial charge in [0, 0.05) is 18.2 Å². The van der Waals surface area contributed by atoms with Crippen molar-refractivity contribution in [3.63, 3.8) is 0 Å². The van der Waals surface area contributed by atoms with Crippen molar-refractivity contribution in [3.8, 4) is 5.69 Å². The van der Waals surface area contributed by atoms with E-state index in [9.17, 15) is 4.79 Å². The van der Waals surface area contributed by atoms with E-state index in [-0.39, 0.29) is 17.9 Å². The first-order valence-corrected chi connectivity index (χ1v) is 6.45. The lowest BCUT2D eigenvalue weighted by Gasteiger charge is -2.15. The molecule has 0 fully saturated rings. The number of nitrogens with zero attached hydrogens (tertiary/aromatic N) is 4. The predicted octanol–water partition coefficient (Wildman–Crippen LogP) is 0.974. The zero-order valence-corrected chi connectivity index (χ0v) is 11.5. The maximum atomic E-state index is 11.9. The van der Waals surface area contributed by atoms with Crippen LogP contribution >= 0.6 is 0 Å². The van der Waals surface area contributed by atoms with Gasteiger partial charge in [-0.25, -0.2) is 4.68 Å². The average molecular weight is 274 g/mol. The smallest absolute Gasteiger partial charge is 0.225 e. The van der Waals surface area contributed by atoms with E-state index >= 15 is 0 Å². The molecule has 1 amide bonds. The topological polar surface area (TPSA) is 98.7 Å². The van der Waals surface area contributed by atoms with Crippen molar-refractivity contribution in [3.05, 3.63) is 30.6 Å². The third-order valence-corrected chi connectivity index (χ3v) is 3.02. The minimum atomic E-state index is -0.141. The summed E-state index contributed by atoms with van der Waals surface area (Å²) in [6, 6.07) is 7.15. The van der Waals surface area contributed by atoms with E-state index in [1.165, 1.54) is 11.0 Å². The Morgan fingerprint density at radius 3 is 2.90 bits per heavy atom. The number of carbonyl (C=O) groups is 1. The van der Waals surface area contributed by atoms with Crippen LogP contribution in [0.5, 0.6) is 0 Å².